The van der Waals surface area contributed by atoms with Crippen molar-refractivity contribution in [2.75, 3.05) is 18.0 Å². The van der Waals surface area contributed by atoms with E-state index in [0.29, 0.717) is 5.92 Å². The zero-order valence-corrected chi connectivity index (χ0v) is 16.9. The largest absolute Gasteiger partial charge is 0.368 e. The third-order valence-corrected chi connectivity index (χ3v) is 6.08. The molecule has 0 bridgehead atoms. The first kappa shape index (κ1) is 18.9. The number of benzene rings is 1. The summed E-state index contributed by atoms with van der Waals surface area (Å²) in [5.41, 5.74) is 3.78. The van der Waals surface area contributed by atoms with Crippen LogP contribution in [-0.2, 0) is 17.6 Å². The topological polar surface area (TPSA) is 58.1 Å². The average Bonchev–Trinajstić information content (AvgIpc) is 2.59. The molecule has 2 fully saturated rings. The van der Waals surface area contributed by atoms with Gasteiger partial charge in [0.2, 0.25) is 5.91 Å². The van der Waals surface area contributed by atoms with E-state index >= 15 is 0 Å². The summed E-state index contributed by atoms with van der Waals surface area (Å²) in [5.74, 6) is 2.40. The van der Waals surface area contributed by atoms with E-state index in [1.165, 1.54) is 30.4 Å². The summed E-state index contributed by atoms with van der Waals surface area (Å²) in [6.07, 6.45) is 9.92. The maximum absolute atomic E-state index is 11.1. The molecule has 2 aliphatic rings. The fourth-order valence-electron chi connectivity index (χ4n) is 4.15. The van der Waals surface area contributed by atoms with Crippen molar-refractivity contribution in [1.82, 2.24) is 15.3 Å². The molecule has 0 radical (unpaired) electrons. The van der Waals surface area contributed by atoms with Crippen LogP contribution in [0.25, 0.3) is 0 Å². The highest BCUT2D eigenvalue weighted by Gasteiger charge is 2.29. The molecule has 2 aromatic rings. The molecule has 5 nitrogen and oxygen atoms in total. The van der Waals surface area contributed by atoms with E-state index in [2.05, 4.69) is 44.5 Å². The highest BCUT2D eigenvalue weighted by Crippen LogP contribution is 2.32. The van der Waals surface area contributed by atoms with Crippen molar-refractivity contribution < 1.29 is 4.79 Å². The lowest BCUT2D eigenvalue weighted by Gasteiger charge is -2.41. The molecule has 0 spiro atoms. The Balaban J connectivity index is 1.27. The normalized spacial score (nSPS) is 18.3. The highest BCUT2D eigenvalue weighted by atomic mass is 16.1. The number of carbonyl (C=O) groups is 1. The minimum Gasteiger partial charge on any atom is -0.368 e. The number of hydrogen-bond acceptors (Lipinski definition) is 4. The molecule has 28 heavy (non-hydrogen) atoms. The molecule has 1 saturated heterocycles. The second kappa shape index (κ2) is 8.29. The van der Waals surface area contributed by atoms with Crippen molar-refractivity contribution in [2.24, 2.45) is 5.92 Å². The van der Waals surface area contributed by atoms with Crippen LogP contribution in [0.3, 0.4) is 0 Å². The van der Waals surface area contributed by atoms with Crippen LogP contribution in [0.5, 0.6) is 0 Å². The van der Waals surface area contributed by atoms with Gasteiger partial charge in [0.1, 0.15) is 5.82 Å². The second-order valence-electron chi connectivity index (χ2n) is 8.51. The number of amides is 1. The number of rotatable bonds is 7. The quantitative estimate of drug-likeness (QED) is 0.801. The Kier molecular flexibility index (Phi) is 5.60. The van der Waals surface area contributed by atoms with Gasteiger partial charge in [0, 0.05) is 38.4 Å². The molecule has 1 aliphatic carbocycles. The molecule has 5 heteroatoms. The summed E-state index contributed by atoms with van der Waals surface area (Å²) in [4.78, 5) is 22.6. The number of nitrogens with zero attached hydrogens (tertiary/aromatic N) is 3. The van der Waals surface area contributed by atoms with Crippen LogP contribution in [0.1, 0.15) is 56.0 Å². The number of carbonyl (C=O) groups excluding carboxylic acids is 1. The Morgan fingerprint density at radius 2 is 1.86 bits per heavy atom. The van der Waals surface area contributed by atoms with Crippen LogP contribution < -0.4 is 10.2 Å². The first-order valence-corrected chi connectivity index (χ1v) is 10.5. The maximum Gasteiger partial charge on any atom is 0.217 e. The third kappa shape index (κ3) is 4.51. The molecular weight excluding hydrogens is 348 g/mol. The molecule has 1 aromatic carbocycles. The molecule has 1 amide bonds. The molecule has 1 unspecified atom stereocenters. The van der Waals surface area contributed by atoms with Crippen molar-refractivity contribution in [2.45, 2.75) is 57.9 Å². The van der Waals surface area contributed by atoms with Gasteiger partial charge in [-0.25, -0.2) is 9.97 Å². The fourth-order valence-corrected chi connectivity index (χ4v) is 4.15. The summed E-state index contributed by atoms with van der Waals surface area (Å²) in [6, 6.07) is 9.00. The summed E-state index contributed by atoms with van der Waals surface area (Å²) in [6.45, 7) is 5.65. The van der Waals surface area contributed by atoms with Gasteiger partial charge in [-0.1, -0.05) is 43.5 Å². The van der Waals surface area contributed by atoms with E-state index in [1.807, 2.05) is 19.3 Å². The molecule has 2 heterocycles. The van der Waals surface area contributed by atoms with E-state index in [4.69, 9.17) is 0 Å². The van der Waals surface area contributed by atoms with E-state index in [9.17, 15) is 4.79 Å². The van der Waals surface area contributed by atoms with Gasteiger partial charge in [-0.3, -0.25) is 4.79 Å². The van der Waals surface area contributed by atoms with Gasteiger partial charge in [-0.05, 0) is 30.4 Å². The van der Waals surface area contributed by atoms with E-state index < -0.39 is 0 Å². The molecule has 4 rings (SSSR count). The fraction of sp³-hybridized carbons (Fsp3) is 0.522. The van der Waals surface area contributed by atoms with Crippen LogP contribution in [-0.4, -0.2) is 35.0 Å². The van der Waals surface area contributed by atoms with Crippen molar-refractivity contribution in [1.29, 1.82) is 0 Å². The highest BCUT2D eigenvalue weighted by molar-refractivity contribution is 5.73. The molecule has 1 aromatic heterocycles. The maximum atomic E-state index is 11.1. The van der Waals surface area contributed by atoms with E-state index in [-0.39, 0.29) is 11.9 Å². The average molecular weight is 379 g/mol. The first-order chi connectivity index (χ1) is 13.6. The molecule has 148 valence electrons. The van der Waals surface area contributed by atoms with E-state index in [0.717, 1.165) is 43.4 Å². The van der Waals surface area contributed by atoms with Crippen molar-refractivity contribution in [3.8, 4) is 0 Å². The van der Waals surface area contributed by atoms with E-state index in [1.54, 1.807) is 6.92 Å². The monoisotopic (exact) mass is 378 g/mol. The second-order valence-corrected chi connectivity index (χ2v) is 8.51. The Morgan fingerprint density at radius 1 is 1.18 bits per heavy atom. The smallest absolute Gasteiger partial charge is 0.217 e. The molecule has 1 N–H and O–H groups in total. The van der Waals surface area contributed by atoms with Crippen LogP contribution in [0.15, 0.2) is 36.7 Å². The molecule has 1 saturated carbocycles. The number of aromatic nitrogens is 2. The zero-order chi connectivity index (χ0) is 19.5. The van der Waals surface area contributed by atoms with Gasteiger partial charge in [0.15, 0.2) is 0 Å². The van der Waals surface area contributed by atoms with Gasteiger partial charge in [-0.2, -0.15) is 0 Å². The Bertz CT molecular complexity index is 792. The Labute approximate surface area is 167 Å². The Morgan fingerprint density at radius 3 is 2.43 bits per heavy atom. The predicted octanol–water partition coefficient (Wildman–Crippen LogP) is 3.49. The van der Waals surface area contributed by atoms with Crippen molar-refractivity contribution in [3.05, 3.63) is 53.6 Å². The van der Waals surface area contributed by atoms with Gasteiger partial charge in [-0.15, -0.1) is 0 Å². The Hall–Kier alpha value is -2.43. The molecular formula is C23H30N4O. The van der Waals surface area contributed by atoms with Crippen molar-refractivity contribution >= 4 is 11.6 Å². The van der Waals surface area contributed by atoms with Gasteiger partial charge >= 0.3 is 0 Å². The number of nitrogens with one attached hydrogen (secondary N) is 1. The number of hydrogen-bond donors (Lipinski definition) is 1. The lowest BCUT2D eigenvalue weighted by molar-refractivity contribution is -0.119. The van der Waals surface area contributed by atoms with Crippen LogP contribution >= 0.6 is 0 Å². The SMILES string of the molecule is CC(=O)NC(C)Cc1ccc(C2CN(c3cnc(CC4CCC4)nc3)C2)cc1. The number of anilines is 1. The lowest BCUT2D eigenvalue weighted by Crippen LogP contribution is -2.45. The summed E-state index contributed by atoms with van der Waals surface area (Å²) >= 11 is 0. The molecule has 1 atom stereocenters. The van der Waals surface area contributed by atoms with Crippen LogP contribution in [0.2, 0.25) is 0 Å². The summed E-state index contributed by atoms with van der Waals surface area (Å²) < 4.78 is 0. The van der Waals surface area contributed by atoms with Gasteiger partial charge in [0.25, 0.3) is 0 Å². The van der Waals surface area contributed by atoms with Gasteiger partial charge in [0.05, 0.1) is 18.1 Å². The summed E-state index contributed by atoms with van der Waals surface area (Å²) in [5, 5.41) is 2.94. The summed E-state index contributed by atoms with van der Waals surface area (Å²) in [7, 11) is 0. The van der Waals surface area contributed by atoms with Crippen molar-refractivity contribution in [3.63, 3.8) is 0 Å². The standard InChI is InChI=1S/C23H30N4O/c1-16(26-17(2)28)10-19-6-8-20(9-7-19)21-14-27(15-21)22-12-24-23(25-13-22)11-18-4-3-5-18/h6-9,12-13,16,18,21H,3-5,10-11,14-15H2,1-2H3,(H,26,28). The van der Waals surface area contributed by atoms with Gasteiger partial charge < -0.3 is 10.2 Å². The van der Waals surface area contributed by atoms with Crippen LogP contribution in [0, 0.1) is 5.92 Å². The first-order valence-electron chi connectivity index (χ1n) is 10.5. The zero-order valence-electron chi connectivity index (χ0n) is 16.9. The predicted molar refractivity (Wildman–Crippen MR) is 111 cm³/mol. The minimum atomic E-state index is 0.0266. The molecule has 1 aliphatic heterocycles. The minimum absolute atomic E-state index is 0.0266. The third-order valence-electron chi connectivity index (χ3n) is 6.08. The van der Waals surface area contributed by atoms with Crippen LogP contribution in [0.4, 0.5) is 5.69 Å². The lowest BCUT2D eigenvalue weighted by atomic mass is 9.83.